The van der Waals surface area contributed by atoms with Gasteiger partial charge in [0.05, 0.1) is 12.7 Å². The van der Waals surface area contributed by atoms with Crippen LogP contribution >= 0.6 is 22.9 Å². The molecular weight excluding hydrogens is 226 g/mol. The molecule has 1 atom stereocenters. The van der Waals surface area contributed by atoms with Crippen molar-refractivity contribution in [3.05, 3.63) is 15.5 Å². The Morgan fingerprint density at radius 2 is 2.36 bits per heavy atom. The van der Waals surface area contributed by atoms with E-state index in [0.29, 0.717) is 9.34 Å². The summed E-state index contributed by atoms with van der Waals surface area (Å²) in [6.45, 7) is 0.119. The Morgan fingerprint density at radius 3 is 2.93 bits per heavy atom. The summed E-state index contributed by atoms with van der Waals surface area (Å²) in [6, 6.07) is -0.565. The Kier molecular flexibility index (Phi) is 2.49. The number of imide groups is 1. The molecule has 0 saturated carbocycles. The number of aromatic nitrogens is 1. The molecule has 2 rings (SSSR count). The van der Waals surface area contributed by atoms with Gasteiger partial charge in [0.2, 0.25) is 5.91 Å². The first-order valence-electron chi connectivity index (χ1n) is 3.85. The van der Waals surface area contributed by atoms with Crippen molar-refractivity contribution in [3.63, 3.8) is 0 Å². The molecule has 0 bridgehead atoms. The molecular formula is C7H6ClN3O2S. The molecule has 2 heterocycles. The van der Waals surface area contributed by atoms with Gasteiger partial charge in [0.15, 0.2) is 0 Å². The summed E-state index contributed by atoms with van der Waals surface area (Å²) in [7, 11) is 0. The summed E-state index contributed by atoms with van der Waals surface area (Å²) >= 11 is 6.90. The van der Waals surface area contributed by atoms with Gasteiger partial charge in [-0.25, -0.2) is 4.98 Å². The van der Waals surface area contributed by atoms with E-state index in [1.54, 1.807) is 0 Å². The number of thiazole rings is 1. The number of nitrogens with zero attached hydrogens (tertiary/aromatic N) is 1. The van der Waals surface area contributed by atoms with Crippen LogP contribution in [0.25, 0.3) is 0 Å². The van der Waals surface area contributed by atoms with E-state index in [9.17, 15) is 9.59 Å². The first kappa shape index (κ1) is 9.57. The Morgan fingerprint density at radius 1 is 1.57 bits per heavy atom. The van der Waals surface area contributed by atoms with Crippen molar-refractivity contribution < 1.29 is 9.59 Å². The van der Waals surface area contributed by atoms with E-state index in [-0.39, 0.29) is 18.4 Å². The van der Waals surface area contributed by atoms with E-state index in [0.717, 1.165) is 0 Å². The fourth-order valence-electron chi connectivity index (χ4n) is 1.14. The molecule has 0 aromatic carbocycles. The van der Waals surface area contributed by atoms with Crippen molar-refractivity contribution in [2.24, 2.45) is 0 Å². The van der Waals surface area contributed by atoms with Crippen molar-refractivity contribution in [1.82, 2.24) is 15.6 Å². The molecule has 5 nitrogen and oxygen atoms in total. The van der Waals surface area contributed by atoms with E-state index < -0.39 is 6.04 Å². The molecule has 1 unspecified atom stereocenters. The average Bonchev–Trinajstić information content (AvgIpc) is 2.51. The molecule has 1 fully saturated rings. The molecule has 1 aliphatic rings. The van der Waals surface area contributed by atoms with E-state index in [1.165, 1.54) is 17.5 Å². The van der Waals surface area contributed by atoms with Crippen molar-refractivity contribution in [1.29, 1.82) is 0 Å². The molecule has 1 aromatic heterocycles. The van der Waals surface area contributed by atoms with Crippen LogP contribution in [0.2, 0.25) is 4.34 Å². The molecule has 7 heteroatoms. The number of hydrogen-bond donors (Lipinski definition) is 2. The van der Waals surface area contributed by atoms with Gasteiger partial charge >= 0.3 is 0 Å². The number of carbonyl (C=O) groups is 2. The minimum atomic E-state index is -0.565. The minimum Gasteiger partial charge on any atom is -0.294 e. The maximum absolute atomic E-state index is 11.3. The van der Waals surface area contributed by atoms with Crippen LogP contribution in [0.3, 0.4) is 0 Å². The second-order valence-corrected chi connectivity index (χ2v) is 4.42. The largest absolute Gasteiger partial charge is 0.294 e. The molecule has 0 radical (unpaired) electrons. The Bertz CT molecular complexity index is 392. The first-order chi connectivity index (χ1) is 6.66. The SMILES string of the molecule is O=C1CNC(c2ncc(Cl)s2)C(=O)N1. The number of nitrogens with one attached hydrogen (secondary N) is 2. The van der Waals surface area contributed by atoms with E-state index in [2.05, 4.69) is 15.6 Å². The number of amides is 2. The fourth-order valence-corrected chi connectivity index (χ4v) is 2.15. The number of carbonyl (C=O) groups excluding carboxylic acids is 2. The van der Waals surface area contributed by atoms with E-state index in [4.69, 9.17) is 11.6 Å². The van der Waals surface area contributed by atoms with Gasteiger partial charge in [0.1, 0.15) is 15.4 Å². The normalized spacial score (nSPS) is 22.2. The van der Waals surface area contributed by atoms with Gasteiger partial charge in [0.25, 0.3) is 5.91 Å². The van der Waals surface area contributed by atoms with Gasteiger partial charge in [-0.3, -0.25) is 20.2 Å². The third-order valence-electron chi connectivity index (χ3n) is 1.73. The topological polar surface area (TPSA) is 71.1 Å². The minimum absolute atomic E-state index is 0.119. The molecule has 0 aliphatic carbocycles. The molecule has 1 aromatic rings. The fraction of sp³-hybridized carbons (Fsp3) is 0.286. The molecule has 2 N–H and O–H groups in total. The monoisotopic (exact) mass is 231 g/mol. The van der Waals surface area contributed by atoms with Gasteiger partial charge in [-0.1, -0.05) is 11.6 Å². The van der Waals surface area contributed by atoms with Crippen molar-refractivity contribution in [2.45, 2.75) is 6.04 Å². The lowest BCUT2D eigenvalue weighted by Gasteiger charge is -2.20. The highest BCUT2D eigenvalue weighted by molar-refractivity contribution is 7.16. The highest BCUT2D eigenvalue weighted by Crippen LogP contribution is 2.24. The summed E-state index contributed by atoms with van der Waals surface area (Å²) < 4.78 is 0.520. The molecule has 14 heavy (non-hydrogen) atoms. The number of piperazine rings is 1. The predicted molar refractivity (Wildman–Crippen MR) is 51.0 cm³/mol. The Hall–Kier alpha value is -0.980. The number of halogens is 1. The summed E-state index contributed by atoms with van der Waals surface area (Å²) in [5.74, 6) is -0.707. The van der Waals surface area contributed by atoms with E-state index in [1.807, 2.05) is 0 Å². The van der Waals surface area contributed by atoms with Crippen LogP contribution in [0, 0.1) is 0 Å². The second-order valence-electron chi connectivity index (χ2n) is 2.73. The van der Waals surface area contributed by atoms with Crippen LogP contribution in [0.1, 0.15) is 11.0 Å². The molecule has 1 saturated heterocycles. The maximum Gasteiger partial charge on any atom is 0.250 e. The average molecular weight is 232 g/mol. The Balaban J connectivity index is 2.19. The van der Waals surface area contributed by atoms with Crippen molar-refractivity contribution in [2.75, 3.05) is 6.54 Å². The summed E-state index contributed by atoms with van der Waals surface area (Å²) in [5.41, 5.74) is 0. The second kappa shape index (κ2) is 3.64. The van der Waals surface area contributed by atoms with Gasteiger partial charge in [-0.15, -0.1) is 11.3 Å². The summed E-state index contributed by atoms with van der Waals surface area (Å²) in [4.78, 5) is 26.1. The lowest BCUT2D eigenvalue weighted by atomic mass is 10.2. The third kappa shape index (κ3) is 1.77. The number of rotatable bonds is 1. The van der Waals surface area contributed by atoms with Crippen molar-refractivity contribution in [3.8, 4) is 0 Å². The quantitative estimate of drug-likeness (QED) is 0.672. The van der Waals surface area contributed by atoms with Gasteiger partial charge in [0, 0.05) is 0 Å². The van der Waals surface area contributed by atoms with Gasteiger partial charge in [-0.2, -0.15) is 0 Å². The van der Waals surface area contributed by atoms with Crippen LogP contribution in [0.4, 0.5) is 0 Å². The highest BCUT2D eigenvalue weighted by Gasteiger charge is 2.29. The summed E-state index contributed by atoms with van der Waals surface area (Å²) in [5, 5.41) is 5.57. The van der Waals surface area contributed by atoms with Crippen LogP contribution in [-0.4, -0.2) is 23.3 Å². The molecule has 74 valence electrons. The van der Waals surface area contributed by atoms with Crippen LogP contribution in [-0.2, 0) is 9.59 Å². The van der Waals surface area contributed by atoms with Crippen LogP contribution in [0.15, 0.2) is 6.20 Å². The first-order valence-corrected chi connectivity index (χ1v) is 5.04. The zero-order chi connectivity index (χ0) is 10.1. The third-order valence-corrected chi connectivity index (χ3v) is 2.91. The highest BCUT2D eigenvalue weighted by atomic mass is 35.5. The molecule has 0 spiro atoms. The zero-order valence-electron chi connectivity index (χ0n) is 6.91. The maximum atomic E-state index is 11.3. The summed E-state index contributed by atoms with van der Waals surface area (Å²) in [6.07, 6.45) is 1.48. The molecule has 2 amide bonds. The van der Waals surface area contributed by atoms with Crippen LogP contribution < -0.4 is 10.6 Å². The standard InChI is InChI=1S/C7H6ClN3O2S/c8-3-1-10-7(14-3)5-6(13)11-4(12)2-9-5/h1,5,9H,2H2,(H,11,12,13). The number of hydrogen-bond acceptors (Lipinski definition) is 5. The molecule has 1 aliphatic heterocycles. The predicted octanol–water partition coefficient (Wildman–Crippen LogP) is 0.0836. The lowest BCUT2D eigenvalue weighted by Crippen LogP contribution is -2.51. The van der Waals surface area contributed by atoms with E-state index >= 15 is 0 Å². The smallest absolute Gasteiger partial charge is 0.250 e. The lowest BCUT2D eigenvalue weighted by molar-refractivity contribution is -0.134. The van der Waals surface area contributed by atoms with Crippen molar-refractivity contribution >= 4 is 34.8 Å². The zero-order valence-corrected chi connectivity index (χ0v) is 8.48. The van der Waals surface area contributed by atoms with Gasteiger partial charge in [-0.05, 0) is 0 Å². The van der Waals surface area contributed by atoms with Gasteiger partial charge < -0.3 is 0 Å². The Labute approximate surface area is 88.5 Å². The van der Waals surface area contributed by atoms with Crippen LogP contribution in [0.5, 0.6) is 0 Å².